The van der Waals surface area contributed by atoms with Gasteiger partial charge in [-0.15, -0.1) is 10.2 Å². The van der Waals surface area contributed by atoms with Crippen molar-refractivity contribution in [3.63, 3.8) is 0 Å². The molecule has 0 aliphatic rings. The highest BCUT2D eigenvalue weighted by Crippen LogP contribution is 2.31. The number of benzene rings is 1. The Morgan fingerprint density at radius 3 is 2.95 bits per heavy atom. The van der Waals surface area contributed by atoms with Crippen molar-refractivity contribution in [1.29, 1.82) is 0 Å². The molecule has 0 spiro atoms. The molecule has 19 heavy (non-hydrogen) atoms. The maximum absolute atomic E-state index is 4.28. The number of nitrogens with one attached hydrogen (secondary N) is 1. The molecular weight excluding hydrogens is 256 g/mol. The Bertz CT molecular complexity index is 687. The van der Waals surface area contributed by atoms with Crippen molar-refractivity contribution in [2.45, 2.75) is 13.3 Å². The van der Waals surface area contributed by atoms with Gasteiger partial charge >= 0.3 is 0 Å². The molecule has 0 aliphatic carbocycles. The minimum Gasteiger partial charge on any atom is -0.360 e. The van der Waals surface area contributed by atoms with Crippen LogP contribution in [0.2, 0.25) is 0 Å². The van der Waals surface area contributed by atoms with Crippen LogP contribution in [0.3, 0.4) is 0 Å². The fraction of sp³-hybridized carbons (Fsp3) is 0.214. The molecule has 1 aromatic carbocycles. The van der Waals surface area contributed by atoms with Crippen molar-refractivity contribution in [1.82, 2.24) is 15.2 Å². The second kappa shape index (κ2) is 5.32. The molecule has 96 valence electrons. The van der Waals surface area contributed by atoms with E-state index < -0.39 is 0 Å². The van der Waals surface area contributed by atoms with E-state index in [1.165, 1.54) is 0 Å². The third-order valence-electron chi connectivity index (χ3n) is 2.85. The van der Waals surface area contributed by atoms with E-state index in [-0.39, 0.29) is 0 Å². The molecule has 3 rings (SSSR count). The van der Waals surface area contributed by atoms with Crippen molar-refractivity contribution in [3.8, 4) is 10.6 Å². The number of hydrogen-bond acceptors (Lipinski definition) is 5. The highest BCUT2D eigenvalue weighted by atomic mass is 32.1. The van der Waals surface area contributed by atoms with E-state index in [0.717, 1.165) is 39.4 Å². The largest absolute Gasteiger partial charge is 0.360 e. The van der Waals surface area contributed by atoms with E-state index in [4.69, 9.17) is 0 Å². The molecule has 2 heterocycles. The summed E-state index contributed by atoms with van der Waals surface area (Å²) in [6.07, 6.45) is 4.80. The van der Waals surface area contributed by atoms with Gasteiger partial charge in [0.25, 0.3) is 0 Å². The summed E-state index contributed by atoms with van der Waals surface area (Å²) in [7, 11) is 0. The van der Waals surface area contributed by atoms with Gasteiger partial charge in [0.15, 0.2) is 5.01 Å². The second-order valence-electron chi connectivity index (χ2n) is 4.25. The van der Waals surface area contributed by atoms with Crippen LogP contribution < -0.4 is 5.32 Å². The minimum absolute atomic E-state index is 0.866. The van der Waals surface area contributed by atoms with Crippen LogP contribution in [0, 0.1) is 0 Å². The zero-order chi connectivity index (χ0) is 13.1. The molecule has 4 nitrogen and oxygen atoms in total. The van der Waals surface area contributed by atoms with E-state index in [0.29, 0.717) is 0 Å². The fourth-order valence-corrected chi connectivity index (χ4v) is 2.72. The van der Waals surface area contributed by atoms with E-state index in [1.807, 2.05) is 24.5 Å². The van der Waals surface area contributed by atoms with Gasteiger partial charge in [-0.2, -0.15) is 0 Å². The molecule has 2 aromatic heterocycles. The Balaban J connectivity index is 2.02. The lowest BCUT2D eigenvalue weighted by Gasteiger charge is -2.01. The number of aromatic nitrogens is 3. The first-order chi connectivity index (χ1) is 9.38. The van der Waals surface area contributed by atoms with Crippen molar-refractivity contribution in [3.05, 3.63) is 36.7 Å². The number of fused-ring (bicyclic) bond motifs is 1. The predicted octanol–water partition coefficient (Wildman–Crippen LogP) is 3.58. The summed E-state index contributed by atoms with van der Waals surface area (Å²) in [6, 6.07) is 8.20. The average molecular weight is 270 g/mol. The monoisotopic (exact) mass is 270 g/mol. The molecular formula is C14H14N4S. The van der Waals surface area contributed by atoms with Gasteiger partial charge in [-0.05, 0) is 11.8 Å². The van der Waals surface area contributed by atoms with Crippen LogP contribution in [-0.2, 0) is 0 Å². The molecule has 0 radical (unpaired) electrons. The molecule has 0 fully saturated rings. The zero-order valence-electron chi connectivity index (χ0n) is 10.6. The Hall–Kier alpha value is -2.01. The molecule has 1 N–H and O–H groups in total. The highest BCUT2D eigenvalue weighted by Gasteiger charge is 2.09. The van der Waals surface area contributed by atoms with Crippen LogP contribution >= 0.6 is 11.3 Å². The zero-order valence-corrected chi connectivity index (χ0v) is 11.4. The normalized spacial score (nSPS) is 10.8. The number of pyridine rings is 1. The van der Waals surface area contributed by atoms with Crippen LogP contribution in [0.15, 0.2) is 36.7 Å². The highest BCUT2D eigenvalue weighted by molar-refractivity contribution is 7.18. The summed E-state index contributed by atoms with van der Waals surface area (Å²) in [5.74, 6) is 0. The Labute approximate surface area is 115 Å². The standard InChI is InChI=1S/C14H14N4S/c1-2-7-16-14-18-17-13(19-14)12-9-15-8-10-5-3-4-6-11(10)12/h3-6,8-9H,2,7H2,1H3,(H,16,18). The first kappa shape index (κ1) is 12.0. The first-order valence-corrected chi connectivity index (χ1v) is 7.10. The minimum atomic E-state index is 0.866. The lowest BCUT2D eigenvalue weighted by molar-refractivity contribution is 0.964. The average Bonchev–Trinajstić information content (AvgIpc) is 2.93. The van der Waals surface area contributed by atoms with Gasteiger partial charge in [-0.1, -0.05) is 42.5 Å². The number of anilines is 1. The van der Waals surface area contributed by atoms with Crippen LogP contribution in [0.5, 0.6) is 0 Å². The molecule has 5 heteroatoms. The Morgan fingerprint density at radius 1 is 1.16 bits per heavy atom. The van der Waals surface area contributed by atoms with Gasteiger partial charge in [0, 0.05) is 29.9 Å². The van der Waals surface area contributed by atoms with Gasteiger partial charge in [0.1, 0.15) is 0 Å². The molecule has 0 amide bonds. The third kappa shape index (κ3) is 2.42. The number of rotatable bonds is 4. The summed E-state index contributed by atoms with van der Waals surface area (Å²) in [5, 5.41) is 15.7. The van der Waals surface area contributed by atoms with E-state index >= 15 is 0 Å². The topological polar surface area (TPSA) is 50.7 Å². The number of nitrogens with zero attached hydrogens (tertiary/aromatic N) is 3. The van der Waals surface area contributed by atoms with E-state index in [9.17, 15) is 0 Å². The molecule has 0 aliphatic heterocycles. The SMILES string of the molecule is CCCNc1nnc(-c2cncc3ccccc23)s1. The summed E-state index contributed by atoms with van der Waals surface area (Å²) in [4.78, 5) is 4.28. The summed E-state index contributed by atoms with van der Waals surface area (Å²) in [5.41, 5.74) is 1.04. The smallest absolute Gasteiger partial charge is 0.206 e. The molecule has 3 aromatic rings. The van der Waals surface area contributed by atoms with Gasteiger partial charge in [0.05, 0.1) is 0 Å². The maximum atomic E-state index is 4.28. The third-order valence-corrected chi connectivity index (χ3v) is 3.76. The molecule has 0 bridgehead atoms. The van der Waals surface area contributed by atoms with Crippen molar-refractivity contribution >= 4 is 27.2 Å². The molecule has 0 saturated carbocycles. The van der Waals surface area contributed by atoms with Crippen molar-refractivity contribution in [2.75, 3.05) is 11.9 Å². The lowest BCUT2D eigenvalue weighted by Crippen LogP contribution is -1.98. The summed E-state index contributed by atoms with van der Waals surface area (Å²) >= 11 is 1.57. The summed E-state index contributed by atoms with van der Waals surface area (Å²) < 4.78 is 0. The molecule has 0 unspecified atom stereocenters. The maximum Gasteiger partial charge on any atom is 0.206 e. The Morgan fingerprint density at radius 2 is 2.05 bits per heavy atom. The molecule has 0 atom stereocenters. The van der Waals surface area contributed by atoms with Crippen LogP contribution in [0.4, 0.5) is 5.13 Å². The summed E-state index contributed by atoms with van der Waals surface area (Å²) in [6.45, 7) is 3.05. The quantitative estimate of drug-likeness (QED) is 0.787. The van der Waals surface area contributed by atoms with Crippen LogP contribution in [-0.4, -0.2) is 21.7 Å². The second-order valence-corrected chi connectivity index (χ2v) is 5.22. The predicted molar refractivity (Wildman–Crippen MR) is 79.4 cm³/mol. The van der Waals surface area contributed by atoms with E-state index in [1.54, 1.807) is 11.3 Å². The van der Waals surface area contributed by atoms with Crippen molar-refractivity contribution in [2.24, 2.45) is 0 Å². The van der Waals surface area contributed by atoms with Gasteiger partial charge in [-0.25, -0.2) is 0 Å². The lowest BCUT2D eigenvalue weighted by atomic mass is 10.1. The Kier molecular flexibility index (Phi) is 3.37. The van der Waals surface area contributed by atoms with Crippen molar-refractivity contribution < 1.29 is 0 Å². The van der Waals surface area contributed by atoms with Crippen LogP contribution in [0.1, 0.15) is 13.3 Å². The number of hydrogen-bond donors (Lipinski definition) is 1. The first-order valence-electron chi connectivity index (χ1n) is 6.29. The van der Waals surface area contributed by atoms with Gasteiger partial charge in [-0.3, -0.25) is 4.98 Å². The van der Waals surface area contributed by atoms with E-state index in [2.05, 4.69) is 39.6 Å². The van der Waals surface area contributed by atoms with Gasteiger partial charge < -0.3 is 5.32 Å². The fourth-order valence-electron chi connectivity index (χ4n) is 1.92. The molecule has 0 saturated heterocycles. The van der Waals surface area contributed by atoms with Gasteiger partial charge in [0.2, 0.25) is 5.13 Å². The van der Waals surface area contributed by atoms with Crippen LogP contribution in [0.25, 0.3) is 21.3 Å².